The van der Waals surface area contributed by atoms with Crippen molar-refractivity contribution in [1.29, 1.82) is 10.5 Å². The zero-order valence-electron chi connectivity index (χ0n) is 13.2. The fourth-order valence-corrected chi connectivity index (χ4v) is 2.56. The molecule has 7 nitrogen and oxygen atoms in total. The number of guanidine groups is 1. The summed E-state index contributed by atoms with van der Waals surface area (Å²) < 4.78 is 5.49. The lowest BCUT2D eigenvalue weighted by Crippen LogP contribution is -2.34. The highest BCUT2D eigenvalue weighted by atomic mass is 16.5. The Labute approximate surface area is 144 Å². The Morgan fingerprint density at radius 3 is 2.72 bits per heavy atom. The summed E-state index contributed by atoms with van der Waals surface area (Å²) >= 11 is 0. The first-order valence-corrected chi connectivity index (χ1v) is 7.61. The second-order valence-corrected chi connectivity index (χ2v) is 5.39. The van der Waals surface area contributed by atoms with E-state index in [-0.39, 0.29) is 12.6 Å². The number of para-hydroxylation sites is 1. The number of nitrogens with one attached hydrogen (secondary N) is 2. The largest absolute Gasteiger partial charge is 0.490 e. The lowest BCUT2D eigenvalue weighted by atomic mass is 9.97. The van der Waals surface area contributed by atoms with Crippen molar-refractivity contribution in [2.45, 2.75) is 12.1 Å². The number of hydrogen-bond donors (Lipinski definition) is 3. The smallest absolute Gasteiger partial charge is 0.209 e. The van der Waals surface area contributed by atoms with Crippen molar-refractivity contribution in [3.63, 3.8) is 0 Å². The first-order valence-electron chi connectivity index (χ1n) is 7.61. The molecule has 0 saturated heterocycles. The van der Waals surface area contributed by atoms with E-state index in [1.165, 1.54) is 0 Å². The predicted molar refractivity (Wildman–Crippen MR) is 91.6 cm³/mol. The van der Waals surface area contributed by atoms with Crippen LogP contribution in [0.15, 0.2) is 53.5 Å². The summed E-state index contributed by atoms with van der Waals surface area (Å²) in [6.45, 7) is 0.0816. The van der Waals surface area contributed by atoms with Crippen LogP contribution < -0.4 is 15.4 Å². The maximum Gasteiger partial charge on any atom is 0.209 e. The van der Waals surface area contributed by atoms with Gasteiger partial charge in [0.15, 0.2) is 6.19 Å². The Morgan fingerprint density at radius 1 is 1.20 bits per heavy atom. The molecule has 2 aromatic carbocycles. The zero-order valence-corrected chi connectivity index (χ0v) is 13.2. The number of ether oxygens (including phenoxy) is 1. The molecule has 2 aromatic rings. The summed E-state index contributed by atoms with van der Waals surface area (Å²) in [5.74, 6) is 0.766. The molecule has 0 amide bonds. The molecule has 0 saturated carbocycles. The van der Waals surface area contributed by atoms with Crippen LogP contribution >= 0.6 is 0 Å². The number of rotatable bonds is 2. The van der Waals surface area contributed by atoms with Gasteiger partial charge in [-0.1, -0.05) is 18.2 Å². The molecule has 0 aromatic heterocycles. The van der Waals surface area contributed by atoms with E-state index >= 15 is 0 Å². The van der Waals surface area contributed by atoms with E-state index in [2.05, 4.69) is 21.7 Å². The van der Waals surface area contributed by atoms with Gasteiger partial charge in [-0.15, -0.1) is 0 Å². The van der Waals surface area contributed by atoms with Gasteiger partial charge in [-0.05, 0) is 30.3 Å². The van der Waals surface area contributed by atoms with Crippen molar-refractivity contribution in [3.05, 3.63) is 59.7 Å². The topological polar surface area (TPSA) is 113 Å². The highest BCUT2D eigenvalue weighted by molar-refractivity contribution is 5.94. The van der Waals surface area contributed by atoms with Crippen LogP contribution in [0.4, 0.5) is 5.69 Å². The summed E-state index contributed by atoms with van der Waals surface area (Å²) in [6.07, 6.45) is 0.936. The monoisotopic (exact) mass is 333 g/mol. The highest BCUT2D eigenvalue weighted by Gasteiger charge is 2.30. The maximum absolute atomic E-state index is 10.3. The summed E-state index contributed by atoms with van der Waals surface area (Å²) in [5, 5.41) is 33.9. The average molecular weight is 333 g/mol. The van der Waals surface area contributed by atoms with Crippen LogP contribution in [0.3, 0.4) is 0 Å². The van der Waals surface area contributed by atoms with Gasteiger partial charge in [-0.3, -0.25) is 5.32 Å². The zero-order chi connectivity index (χ0) is 17.6. The third-order valence-corrected chi connectivity index (χ3v) is 3.71. The SMILES string of the molecule is N#CNC(=N[C@H]1c2cc(C#N)ccc2OC[C@@H]1O)Nc1ccccc1. The van der Waals surface area contributed by atoms with Gasteiger partial charge in [0, 0.05) is 11.3 Å². The fraction of sp³-hybridized carbons (Fsp3) is 0.167. The summed E-state index contributed by atoms with van der Waals surface area (Å²) in [4.78, 5) is 4.45. The minimum absolute atomic E-state index is 0.0816. The van der Waals surface area contributed by atoms with Crippen molar-refractivity contribution < 1.29 is 9.84 Å². The van der Waals surface area contributed by atoms with Crippen LogP contribution in [0.5, 0.6) is 5.75 Å². The number of anilines is 1. The molecule has 0 unspecified atom stereocenters. The Bertz CT molecular complexity index is 867. The minimum Gasteiger partial charge on any atom is -0.490 e. The fourth-order valence-electron chi connectivity index (χ4n) is 2.56. The van der Waals surface area contributed by atoms with Gasteiger partial charge in [0.2, 0.25) is 5.96 Å². The summed E-state index contributed by atoms with van der Waals surface area (Å²) in [5.41, 5.74) is 1.80. The minimum atomic E-state index is -0.894. The molecular weight excluding hydrogens is 318 g/mol. The molecule has 0 fully saturated rings. The molecule has 1 heterocycles. The molecule has 25 heavy (non-hydrogen) atoms. The van der Waals surface area contributed by atoms with E-state index in [0.717, 1.165) is 5.69 Å². The average Bonchev–Trinajstić information content (AvgIpc) is 2.64. The molecule has 0 spiro atoms. The van der Waals surface area contributed by atoms with Gasteiger partial charge in [-0.2, -0.15) is 10.5 Å². The number of aliphatic hydroxyl groups excluding tert-OH is 1. The molecular formula is C18H15N5O2. The first kappa shape index (κ1) is 16.3. The number of fused-ring (bicyclic) bond motifs is 1. The number of nitrogens with zero attached hydrogens (tertiary/aromatic N) is 3. The van der Waals surface area contributed by atoms with E-state index in [1.54, 1.807) is 18.2 Å². The molecule has 0 radical (unpaired) electrons. The van der Waals surface area contributed by atoms with E-state index in [1.807, 2.05) is 36.5 Å². The molecule has 0 bridgehead atoms. The summed E-state index contributed by atoms with van der Waals surface area (Å²) in [6, 6.07) is 15.6. The molecule has 3 rings (SSSR count). The molecule has 2 atom stereocenters. The molecule has 7 heteroatoms. The second-order valence-electron chi connectivity index (χ2n) is 5.39. The molecule has 3 N–H and O–H groups in total. The molecule has 0 aliphatic carbocycles. The van der Waals surface area contributed by atoms with Crippen molar-refractivity contribution in [3.8, 4) is 18.0 Å². The quantitative estimate of drug-likeness (QED) is 0.335. The lowest BCUT2D eigenvalue weighted by Gasteiger charge is -2.28. The Morgan fingerprint density at radius 2 is 2.00 bits per heavy atom. The number of aliphatic hydroxyl groups is 1. The van der Waals surface area contributed by atoms with Crippen molar-refractivity contribution in [2.75, 3.05) is 11.9 Å². The lowest BCUT2D eigenvalue weighted by molar-refractivity contribution is 0.0685. The number of nitriles is 2. The Kier molecular flexibility index (Phi) is 4.79. The molecule has 124 valence electrons. The van der Waals surface area contributed by atoms with Gasteiger partial charge >= 0.3 is 0 Å². The van der Waals surface area contributed by atoms with Crippen molar-refractivity contribution >= 4 is 11.6 Å². The van der Waals surface area contributed by atoms with Crippen LogP contribution in [0, 0.1) is 22.8 Å². The van der Waals surface area contributed by atoms with Gasteiger partial charge in [-0.25, -0.2) is 4.99 Å². The standard InChI is InChI=1S/C18H15N5O2/c19-9-12-6-7-16-14(8-12)17(15(24)10-25-16)23-18(21-11-20)22-13-4-2-1-3-5-13/h1-8,15,17,24H,10H2,(H2,21,22,23)/t15-,17-/m0/s1. The first-order chi connectivity index (χ1) is 12.2. The Balaban J connectivity index is 1.97. The van der Waals surface area contributed by atoms with Crippen LogP contribution in [-0.4, -0.2) is 23.8 Å². The van der Waals surface area contributed by atoms with Crippen LogP contribution in [-0.2, 0) is 0 Å². The number of aliphatic imine (C=N–C) groups is 1. The number of hydrogen-bond acceptors (Lipinski definition) is 5. The molecule has 1 aliphatic rings. The van der Waals surface area contributed by atoms with E-state index in [4.69, 9.17) is 15.3 Å². The van der Waals surface area contributed by atoms with Crippen LogP contribution in [0.2, 0.25) is 0 Å². The second kappa shape index (κ2) is 7.35. The maximum atomic E-state index is 10.3. The van der Waals surface area contributed by atoms with Crippen LogP contribution in [0.1, 0.15) is 17.2 Å². The summed E-state index contributed by atoms with van der Waals surface area (Å²) in [7, 11) is 0. The van der Waals surface area contributed by atoms with E-state index in [9.17, 15) is 5.11 Å². The third-order valence-electron chi connectivity index (χ3n) is 3.71. The van der Waals surface area contributed by atoms with Gasteiger partial charge in [0.1, 0.15) is 24.5 Å². The van der Waals surface area contributed by atoms with Crippen LogP contribution in [0.25, 0.3) is 0 Å². The van der Waals surface area contributed by atoms with E-state index < -0.39 is 12.1 Å². The van der Waals surface area contributed by atoms with Gasteiger partial charge in [0.25, 0.3) is 0 Å². The van der Waals surface area contributed by atoms with E-state index in [0.29, 0.717) is 16.9 Å². The van der Waals surface area contributed by atoms with Crippen molar-refractivity contribution in [2.24, 2.45) is 4.99 Å². The number of benzene rings is 2. The highest BCUT2D eigenvalue weighted by Crippen LogP contribution is 2.35. The predicted octanol–water partition coefficient (Wildman–Crippen LogP) is 1.89. The van der Waals surface area contributed by atoms with Gasteiger partial charge in [0.05, 0.1) is 11.6 Å². The Hall–Kier alpha value is -3.55. The van der Waals surface area contributed by atoms with Gasteiger partial charge < -0.3 is 15.2 Å². The molecule has 1 aliphatic heterocycles. The third kappa shape index (κ3) is 3.69. The normalized spacial score (nSPS) is 18.9. The van der Waals surface area contributed by atoms with Crippen molar-refractivity contribution in [1.82, 2.24) is 5.32 Å².